The van der Waals surface area contributed by atoms with Crippen LogP contribution in [-0.4, -0.2) is 36.9 Å². The Morgan fingerprint density at radius 3 is 2.71 bits per heavy atom. The molecule has 0 N–H and O–H groups in total. The van der Waals surface area contributed by atoms with Gasteiger partial charge in [-0.25, -0.2) is 8.42 Å². The fourth-order valence-electron chi connectivity index (χ4n) is 3.25. The average Bonchev–Trinajstić information content (AvgIpc) is 2.75. The van der Waals surface area contributed by atoms with Gasteiger partial charge in [0.15, 0.2) is 0 Å². The third-order valence-corrected chi connectivity index (χ3v) is 6.74. The molecular weight excluding hydrogens is 258 g/mol. The maximum atomic E-state index is 12.4. The summed E-state index contributed by atoms with van der Waals surface area (Å²) >= 11 is 5.73. The molecule has 2 rings (SSSR count). The van der Waals surface area contributed by atoms with Crippen LogP contribution in [0.5, 0.6) is 0 Å². The molecule has 1 saturated heterocycles. The monoisotopic (exact) mass is 279 g/mol. The molecule has 5 heteroatoms. The van der Waals surface area contributed by atoms with Crippen molar-refractivity contribution in [2.24, 2.45) is 11.8 Å². The summed E-state index contributed by atoms with van der Waals surface area (Å²) in [4.78, 5) is 0. The Balaban J connectivity index is 2.09. The first-order valence-electron chi connectivity index (χ1n) is 6.60. The molecule has 3 atom stereocenters. The van der Waals surface area contributed by atoms with Crippen molar-refractivity contribution in [3.63, 3.8) is 0 Å². The molecule has 0 aromatic rings. The second kappa shape index (κ2) is 5.45. The van der Waals surface area contributed by atoms with Crippen LogP contribution in [0.1, 0.15) is 39.0 Å². The van der Waals surface area contributed by atoms with E-state index in [1.807, 2.05) is 6.92 Å². The molecule has 0 aromatic carbocycles. The number of hydrogen-bond donors (Lipinski definition) is 0. The van der Waals surface area contributed by atoms with Crippen LogP contribution in [0.3, 0.4) is 0 Å². The van der Waals surface area contributed by atoms with Gasteiger partial charge in [-0.1, -0.05) is 13.3 Å². The van der Waals surface area contributed by atoms with Crippen molar-refractivity contribution in [1.82, 2.24) is 4.31 Å². The van der Waals surface area contributed by atoms with Crippen LogP contribution in [0.2, 0.25) is 0 Å². The van der Waals surface area contributed by atoms with Crippen molar-refractivity contribution in [3.8, 4) is 0 Å². The Morgan fingerprint density at radius 2 is 2.00 bits per heavy atom. The van der Waals surface area contributed by atoms with Gasteiger partial charge in [0.1, 0.15) is 0 Å². The highest BCUT2D eigenvalue weighted by Gasteiger charge is 2.40. The van der Waals surface area contributed by atoms with Crippen molar-refractivity contribution >= 4 is 21.6 Å². The number of piperidine rings is 1. The van der Waals surface area contributed by atoms with Gasteiger partial charge in [0.2, 0.25) is 10.0 Å². The molecule has 2 fully saturated rings. The van der Waals surface area contributed by atoms with E-state index in [9.17, 15) is 8.42 Å². The van der Waals surface area contributed by atoms with Crippen LogP contribution in [0.4, 0.5) is 0 Å². The SMILES string of the molecule is CC(CCl)CS(=O)(=O)N1CCCC2CCCC21. The number of halogens is 1. The molecule has 1 aliphatic heterocycles. The third kappa shape index (κ3) is 2.96. The Morgan fingerprint density at radius 1 is 1.29 bits per heavy atom. The van der Waals surface area contributed by atoms with E-state index < -0.39 is 10.0 Å². The number of nitrogens with zero attached hydrogens (tertiary/aromatic N) is 1. The highest BCUT2D eigenvalue weighted by molar-refractivity contribution is 7.89. The van der Waals surface area contributed by atoms with Crippen molar-refractivity contribution < 1.29 is 8.42 Å². The molecule has 1 saturated carbocycles. The molecule has 0 spiro atoms. The average molecular weight is 280 g/mol. The summed E-state index contributed by atoms with van der Waals surface area (Å²) in [6, 6.07) is 0.288. The van der Waals surface area contributed by atoms with E-state index in [0.717, 1.165) is 19.4 Å². The molecule has 2 aliphatic rings. The number of fused-ring (bicyclic) bond motifs is 1. The highest BCUT2D eigenvalue weighted by Crippen LogP contribution is 2.38. The summed E-state index contributed by atoms with van der Waals surface area (Å²) in [5, 5.41) is 0. The lowest BCUT2D eigenvalue weighted by atomic mass is 9.94. The summed E-state index contributed by atoms with van der Waals surface area (Å²) in [5.41, 5.74) is 0. The number of alkyl halides is 1. The van der Waals surface area contributed by atoms with E-state index in [-0.39, 0.29) is 17.7 Å². The largest absolute Gasteiger partial charge is 0.214 e. The molecule has 0 amide bonds. The Kier molecular flexibility index (Phi) is 4.37. The predicted octanol–water partition coefficient (Wildman–Crippen LogP) is 2.46. The van der Waals surface area contributed by atoms with E-state index >= 15 is 0 Å². The van der Waals surface area contributed by atoms with Crippen LogP contribution in [0.15, 0.2) is 0 Å². The summed E-state index contributed by atoms with van der Waals surface area (Å²) in [6.07, 6.45) is 5.69. The van der Waals surface area contributed by atoms with E-state index in [1.165, 1.54) is 19.3 Å². The van der Waals surface area contributed by atoms with Crippen LogP contribution in [0.25, 0.3) is 0 Å². The summed E-state index contributed by atoms with van der Waals surface area (Å²) in [6.45, 7) is 2.62. The summed E-state index contributed by atoms with van der Waals surface area (Å²) in [5.74, 6) is 1.29. The van der Waals surface area contributed by atoms with E-state index in [2.05, 4.69) is 0 Å². The second-order valence-electron chi connectivity index (χ2n) is 5.55. The van der Waals surface area contributed by atoms with Gasteiger partial charge in [-0.05, 0) is 37.5 Å². The van der Waals surface area contributed by atoms with Crippen LogP contribution >= 0.6 is 11.6 Å². The summed E-state index contributed by atoms with van der Waals surface area (Å²) in [7, 11) is -3.10. The molecule has 100 valence electrons. The lowest BCUT2D eigenvalue weighted by Gasteiger charge is -2.37. The number of sulfonamides is 1. The van der Waals surface area contributed by atoms with Crippen LogP contribution < -0.4 is 0 Å². The first kappa shape index (κ1) is 13.6. The van der Waals surface area contributed by atoms with Gasteiger partial charge in [-0.15, -0.1) is 11.6 Å². The fraction of sp³-hybridized carbons (Fsp3) is 1.00. The van der Waals surface area contributed by atoms with Crippen molar-refractivity contribution in [1.29, 1.82) is 0 Å². The van der Waals surface area contributed by atoms with Gasteiger partial charge in [0, 0.05) is 18.5 Å². The first-order chi connectivity index (χ1) is 8.04. The molecule has 17 heavy (non-hydrogen) atoms. The Labute approximate surface area is 110 Å². The standard InChI is InChI=1S/C12H22ClNO2S/c1-10(8-13)9-17(15,16)14-7-3-5-11-4-2-6-12(11)14/h10-12H,2-9H2,1H3. The maximum absolute atomic E-state index is 12.4. The molecule has 1 aliphatic carbocycles. The minimum absolute atomic E-state index is 0.0449. The van der Waals surface area contributed by atoms with Crippen LogP contribution in [0, 0.1) is 11.8 Å². The van der Waals surface area contributed by atoms with Gasteiger partial charge in [0.05, 0.1) is 5.75 Å². The van der Waals surface area contributed by atoms with E-state index in [1.54, 1.807) is 4.31 Å². The van der Waals surface area contributed by atoms with Crippen molar-refractivity contribution in [3.05, 3.63) is 0 Å². The van der Waals surface area contributed by atoms with Crippen molar-refractivity contribution in [2.75, 3.05) is 18.2 Å². The van der Waals surface area contributed by atoms with E-state index in [0.29, 0.717) is 11.8 Å². The predicted molar refractivity (Wildman–Crippen MR) is 70.7 cm³/mol. The normalized spacial score (nSPS) is 32.4. The molecule has 3 nitrogen and oxygen atoms in total. The molecular formula is C12H22ClNO2S. The molecule has 0 radical (unpaired) electrons. The highest BCUT2D eigenvalue weighted by atomic mass is 35.5. The van der Waals surface area contributed by atoms with Gasteiger partial charge in [-0.2, -0.15) is 4.31 Å². The third-order valence-electron chi connectivity index (χ3n) is 4.06. The first-order valence-corrected chi connectivity index (χ1v) is 8.74. The quantitative estimate of drug-likeness (QED) is 0.742. The van der Waals surface area contributed by atoms with Crippen molar-refractivity contribution in [2.45, 2.75) is 45.1 Å². The van der Waals surface area contributed by atoms with Crippen LogP contribution in [-0.2, 0) is 10.0 Å². The fourth-order valence-corrected chi connectivity index (χ4v) is 5.62. The Hall–Kier alpha value is 0.200. The second-order valence-corrected chi connectivity index (χ2v) is 7.82. The molecule has 0 bridgehead atoms. The number of hydrogen-bond acceptors (Lipinski definition) is 2. The summed E-state index contributed by atoms with van der Waals surface area (Å²) < 4.78 is 26.5. The topological polar surface area (TPSA) is 37.4 Å². The minimum atomic E-state index is -3.10. The van der Waals surface area contributed by atoms with Gasteiger partial charge in [0.25, 0.3) is 0 Å². The molecule has 1 heterocycles. The lowest BCUT2D eigenvalue weighted by molar-refractivity contribution is 0.201. The Bertz CT molecular complexity index is 358. The lowest BCUT2D eigenvalue weighted by Crippen LogP contribution is -2.47. The van der Waals surface area contributed by atoms with Gasteiger partial charge in [-0.3, -0.25) is 0 Å². The van der Waals surface area contributed by atoms with E-state index in [4.69, 9.17) is 11.6 Å². The zero-order valence-corrected chi connectivity index (χ0v) is 12.0. The smallest absolute Gasteiger partial charge is 0.212 e. The van der Waals surface area contributed by atoms with Gasteiger partial charge >= 0.3 is 0 Å². The zero-order valence-electron chi connectivity index (χ0n) is 10.4. The minimum Gasteiger partial charge on any atom is -0.212 e. The number of rotatable bonds is 4. The zero-order chi connectivity index (χ0) is 12.5. The molecule has 0 aromatic heterocycles. The molecule has 3 unspecified atom stereocenters. The maximum Gasteiger partial charge on any atom is 0.214 e. The van der Waals surface area contributed by atoms with Gasteiger partial charge < -0.3 is 0 Å².